The molecule has 3 aromatic rings. The number of imide groups is 1. The molecule has 0 saturated carbocycles. The number of hydrogen-bond donors (Lipinski definition) is 1. The molecule has 43 heavy (non-hydrogen) atoms. The number of carbonyl (C=O) groups excluding carboxylic acids is 2. The predicted octanol–water partition coefficient (Wildman–Crippen LogP) is 5.78. The van der Waals surface area contributed by atoms with Crippen molar-refractivity contribution in [1.82, 2.24) is 4.90 Å². The number of aliphatic hydroxyl groups excluding tert-OH is 1. The van der Waals surface area contributed by atoms with E-state index in [-0.39, 0.29) is 11.6 Å². The fourth-order valence-corrected chi connectivity index (χ4v) is 10.4. The van der Waals surface area contributed by atoms with Crippen LogP contribution in [0.3, 0.4) is 0 Å². The smallest absolute Gasteiger partial charge is 0.416 e. The Kier molecular flexibility index (Phi) is 10.7. The van der Waals surface area contributed by atoms with E-state index in [1.807, 2.05) is 66.7 Å². The Labute approximate surface area is 255 Å². The summed E-state index contributed by atoms with van der Waals surface area (Å²) in [6.07, 6.45) is 0.151. The van der Waals surface area contributed by atoms with Crippen molar-refractivity contribution in [1.29, 1.82) is 0 Å². The Bertz CT molecular complexity index is 1340. The molecule has 1 saturated heterocycles. The van der Waals surface area contributed by atoms with Gasteiger partial charge in [0.25, 0.3) is 8.32 Å². The molecule has 3 aromatic carbocycles. The van der Waals surface area contributed by atoms with Crippen LogP contribution in [0.25, 0.3) is 0 Å². The molecule has 3 atom stereocenters. The molecule has 4 rings (SSSR count). The van der Waals surface area contributed by atoms with Gasteiger partial charge in [-0.05, 0) is 40.2 Å². The average Bonchev–Trinajstić information content (AvgIpc) is 3.37. The summed E-state index contributed by atoms with van der Waals surface area (Å²) in [7, 11) is -2.70. The minimum Gasteiger partial charge on any atom is -0.447 e. The lowest BCUT2D eigenvalue weighted by molar-refractivity contribution is -0.135. The van der Waals surface area contributed by atoms with Crippen molar-refractivity contribution >= 4 is 30.7 Å². The van der Waals surface area contributed by atoms with Gasteiger partial charge in [-0.15, -0.1) is 0 Å². The number of cyclic esters (lactones) is 1. The van der Waals surface area contributed by atoms with E-state index in [4.69, 9.17) is 9.16 Å². The zero-order valence-electron chi connectivity index (χ0n) is 25.4. The van der Waals surface area contributed by atoms with E-state index in [1.165, 1.54) is 23.4 Å². The van der Waals surface area contributed by atoms with Crippen molar-refractivity contribution in [2.24, 2.45) is 5.92 Å². The molecular weight excluding hydrogens is 561 g/mol. The number of rotatable bonds is 12. The first kappa shape index (κ1) is 32.3. The van der Waals surface area contributed by atoms with E-state index >= 15 is 4.39 Å². The third-order valence-electron chi connectivity index (χ3n) is 8.08. The van der Waals surface area contributed by atoms with E-state index in [0.29, 0.717) is 25.9 Å². The van der Waals surface area contributed by atoms with Gasteiger partial charge in [-0.1, -0.05) is 125 Å². The van der Waals surface area contributed by atoms with E-state index in [0.717, 1.165) is 10.5 Å². The highest BCUT2D eigenvalue weighted by atomic mass is 28.4. The first-order valence-corrected chi connectivity index (χ1v) is 16.8. The molecule has 0 bridgehead atoms. The molecule has 1 aliphatic rings. The van der Waals surface area contributed by atoms with Gasteiger partial charge in [-0.3, -0.25) is 4.79 Å². The third-order valence-corrected chi connectivity index (χ3v) is 13.1. The summed E-state index contributed by atoms with van der Waals surface area (Å²) in [6, 6.07) is 29.6. The maximum atomic E-state index is 15.1. The summed E-state index contributed by atoms with van der Waals surface area (Å²) in [5.41, 5.74) is 0.947. The predicted molar refractivity (Wildman–Crippen MR) is 169 cm³/mol. The number of ether oxygens (including phenoxy) is 1. The summed E-state index contributed by atoms with van der Waals surface area (Å²) in [5, 5.41) is 12.9. The molecule has 1 heterocycles. The molecule has 8 heteroatoms. The van der Waals surface area contributed by atoms with Crippen LogP contribution in [-0.2, 0) is 20.4 Å². The van der Waals surface area contributed by atoms with Crippen LogP contribution < -0.4 is 10.4 Å². The lowest BCUT2D eigenvalue weighted by atomic mass is 9.99. The van der Waals surface area contributed by atoms with E-state index in [1.54, 1.807) is 0 Å². The van der Waals surface area contributed by atoms with Crippen molar-refractivity contribution in [2.75, 3.05) is 13.2 Å². The van der Waals surface area contributed by atoms with Crippen LogP contribution in [0.5, 0.6) is 0 Å². The number of benzene rings is 3. The highest BCUT2D eigenvalue weighted by Crippen LogP contribution is 2.37. The lowest BCUT2D eigenvalue weighted by Crippen LogP contribution is -2.66. The van der Waals surface area contributed by atoms with Crippen molar-refractivity contribution < 1.29 is 28.2 Å². The molecule has 228 valence electrons. The first-order valence-electron chi connectivity index (χ1n) is 14.9. The molecule has 1 N–H and O–H groups in total. The van der Waals surface area contributed by atoms with Gasteiger partial charge in [0.2, 0.25) is 5.91 Å². The van der Waals surface area contributed by atoms with Crippen molar-refractivity contribution in [3.05, 3.63) is 108 Å². The Balaban J connectivity index is 1.40. The number of hydrogen-bond acceptors (Lipinski definition) is 5. The summed E-state index contributed by atoms with van der Waals surface area (Å²) in [5.74, 6) is -2.61. The van der Waals surface area contributed by atoms with Crippen molar-refractivity contribution in [3.8, 4) is 0 Å². The summed E-state index contributed by atoms with van der Waals surface area (Å²) in [6.45, 7) is 8.50. The molecule has 0 aromatic heterocycles. The van der Waals surface area contributed by atoms with Gasteiger partial charge in [0.1, 0.15) is 18.5 Å². The molecular formula is C35H42FNO5Si. The number of nitrogens with zero attached hydrogens (tertiary/aromatic N) is 1. The topological polar surface area (TPSA) is 76.1 Å². The fourth-order valence-electron chi connectivity index (χ4n) is 5.79. The standard InChI is InChI=1S/C35H42FNO5Si/c1-26(33(39)37-28(25-41-34(37)40)24-27-16-8-5-9-17-27)32(38)31(36)22-14-15-23-42-43(35(2,3)4,29-18-10-6-11-19-29)30-20-12-7-13-21-30/h5-13,16-22,26,28,32,38H,14-15,23-25H2,1-4H3/b31-22-/t26-,28-,32-/m1/s1. The molecule has 6 nitrogen and oxygen atoms in total. The SMILES string of the molecule is C[C@@H](C(=O)N1C(=O)OC[C@H]1Cc1ccccc1)[C@@H](O)/C(F)=C/CCCO[Si](c1ccccc1)(c1ccccc1)C(C)(C)C. The van der Waals surface area contributed by atoms with Gasteiger partial charge in [0.05, 0.1) is 12.0 Å². The van der Waals surface area contributed by atoms with Gasteiger partial charge in [-0.2, -0.15) is 0 Å². The van der Waals surface area contributed by atoms with E-state index in [2.05, 4.69) is 45.0 Å². The minimum atomic E-state index is -2.70. The number of unbranched alkanes of at least 4 members (excludes halogenated alkanes) is 1. The first-order chi connectivity index (χ1) is 20.6. The van der Waals surface area contributed by atoms with Crippen LogP contribution >= 0.6 is 0 Å². The third kappa shape index (κ3) is 7.32. The molecule has 0 unspecified atom stereocenters. The number of amides is 2. The average molecular weight is 604 g/mol. The molecule has 1 aliphatic heterocycles. The summed E-state index contributed by atoms with van der Waals surface area (Å²) < 4.78 is 27.1. The quantitative estimate of drug-likeness (QED) is 0.210. The van der Waals surface area contributed by atoms with Crippen molar-refractivity contribution in [2.45, 2.75) is 64.1 Å². The second kappa shape index (κ2) is 14.3. The monoisotopic (exact) mass is 603 g/mol. The van der Waals surface area contributed by atoms with Gasteiger partial charge >= 0.3 is 6.09 Å². The number of allylic oxidation sites excluding steroid dienone is 1. The number of aliphatic hydroxyl groups is 1. The second-order valence-electron chi connectivity index (χ2n) is 12.1. The fraction of sp³-hybridized carbons (Fsp3) is 0.371. The highest BCUT2D eigenvalue weighted by Gasteiger charge is 2.50. The zero-order chi connectivity index (χ0) is 31.0. The van der Waals surface area contributed by atoms with Gasteiger partial charge < -0.3 is 14.3 Å². The van der Waals surface area contributed by atoms with Crippen LogP contribution in [0.15, 0.2) is 103 Å². The molecule has 0 aliphatic carbocycles. The summed E-state index contributed by atoms with van der Waals surface area (Å²) in [4.78, 5) is 26.6. The van der Waals surface area contributed by atoms with Gasteiger partial charge in [0.15, 0.2) is 0 Å². The summed E-state index contributed by atoms with van der Waals surface area (Å²) >= 11 is 0. The molecule has 0 spiro atoms. The lowest BCUT2D eigenvalue weighted by Gasteiger charge is -2.43. The highest BCUT2D eigenvalue weighted by molar-refractivity contribution is 6.99. The zero-order valence-corrected chi connectivity index (χ0v) is 26.4. The van der Waals surface area contributed by atoms with E-state index in [9.17, 15) is 14.7 Å². The maximum Gasteiger partial charge on any atom is 0.416 e. The van der Waals surface area contributed by atoms with Crippen LogP contribution in [-0.4, -0.2) is 55.7 Å². The normalized spacial score (nSPS) is 17.4. The van der Waals surface area contributed by atoms with Crippen LogP contribution in [0.4, 0.5) is 9.18 Å². The number of carbonyl (C=O) groups is 2. The second-order valence-corrected chi connectivity index (χ2v) is 16.4. The maximum absolute atomic E-state index is 15.1. The molecule has 0 radical (unpaired) electrons. The molecule has 1 fully saturated rings. The van der Waals surface area contributed by atoms with Gasteiger partial charge in [-0.25, -0.2) is 14.1 Å². The Morgan fingerprint density at radius 1 is 1.02 bits per heavy atom. The van der Waals surface area contributed by atoms with Crippen molar-refractivity contribution in [3.63, 3.8) is 0 Å². The van der Waals surface area contributed by atoms with Gasteiger partial charge in [0, 0.05) is 6.61 Å². The van der Waals surface area contributed by atoms with Crippen LogP contribution in [0.2, 0.25) is 5.04 Å². The van der Waals surface area contributed by atoms with E-state index < -0.39 is 44.2 Å². The van der Waals surface area contributed by atoms with Crippen LogP contribution in [0, 0.1) is 5.92 Å². The largest absolute Gasteiger partial charge is 0.447 e. The number of halogens is 1. The minimum absolute atomic E-state index is 0.0614. The Morgan fingerprint density at radius 3 is 2.09 bits per heavy atom. The Hall–Kier alpha value is -3.59. The molecule has 2 amide bonds. The van der Waals surface area contributed by atoms with Crippen LogP contribution in [0.1, 0.15) is 46.1 Å². The Morgan fingerprint density at radius 2 is 1.56 bits per heavy atom.